The lowest BCUT2D eigenvalue weighted by atomic mass is 10.00. The molecule has 0 fully saturated rings. The fraction of sp³-hybridized carbons (Fsp3) is 0.360. The number of nitrogens with one attached hydrogen (secondary N) is 1. The number of rotatable bonds is 8. The van der Waals surface area contributed by atoms with Crippen LogP contribution in [0.2, 0.25) is 0 Å². The van der Waals surface area contributed by atoms with Gasteiger partial charge in [-0.25, -0.2) is 14.6 Å². The first-order valence-corrected chi connectivity index (χ1v) is 11.0. The molecule has 4 aromatic rings. The third kappa shape index (κ3) is 4.74. The number of hydrogen-bond donors (Lipinski definition) is 1. The van der Waals surface area contributed by atoms with Gasteiger partial charge in [-0.05, 0) is 50.5 Å². The van der Waals surface area contributed by atoms with Crippen molar-refractivity contribution in [1.82, 2.24) is 25.1 Å². The number of aromatic nitrogens is 4. The first-order chi connectivity index (χ1) is 15.9. The predicted molar refractivity (Wildman–Crippen MR) is 126 cm³/mol. The van der Waals surface area contributed by atoms with Gasteiger partial charge in [0.05, 0.1) is 18.2 Å². The molecule has 3 heterocycles. The summed E-state index contributed by atoms with van der Waals surface area (Å²) in [4.78, 5) is 21.7. The molecule has 0 aliphatic heterocycles. The van der Waals surface area contributed by atoms with Crippen LogP contribution in [-0.2, 0) is 24.7 Å². The van der Waals surface area contributed by atoms with E-state index in [1.54, 1.807) is 18.1 Å². The fourth-order valence-corrected chi connectivity index (χ4v) is 4.01. The van der Waals surface area contributed by atoms with Gasteiger partial charge in [0.15, 0.2) is 5.65 Å². The Kier molecular flexibility index (Phi) is 6.44. The zero-order valence-electron chi connectivity index (χ0n) is 19.7. The molecule has 0 atom stereocenters. The molecular weight excluding hydrogens is 418 g/mol. The Labute approximate surface area is 193 Å². The van der Waals surface area contributed by atoms with E-state index in [0.717, 1.165) is 39.1 Å². The van der Waals surface area contributed by atoms with Crippen LogP contribution in [0.1, 0.15) is 34.5 Å². The Bertz CT molecular complexity index is 1290. The lowest BCUT2D eigenvalue weighted by molar-refractivity contribution is -0.121. The summed E-state index contributed by atoms with van der Waals surface area (Å²) >= 11 is 0. The summed E-state index contributed by atoms with van der Waals surface area (Å²) in [6.45, 7) is 6.55. The number of carbonyl (C=O) groups excluding carboxylic acids is 1. The number of carbonyl (C=O) groups is 1. The summed E-state index contributed by atoms with van der Waals surface area (Å²) < 4.78 is 12.7. The predicted octanol–water partition coefficient (Wildman–Crippen LogP) is 3.85. The van der Waals surface area contributed by atoms with Gasteiger partial charge in [-0.3, -0.25) is 4.79 Å². The number of nitrogens with zero attached hydrogens (tertiary/aromatic N) is 4. The van der Waals surface area contributed by atoms with Gasteiger partial charge in [0.1, 0.15) is 6.26 Å². The average molecular weight is 448 g/mol. The SMILES string of the molecule is COc1nn(C)c2nc(C)c(CCC(=O)NCCc3coc(-c4ccc(C)cc4)n3)c(C)c12. The second kappa shape index (κ2) is 9.44. The number of hydrogen-bond acceptors (Lipinski definition) is 6. The van der Waals surface area contributed by atoms with Gasteiger partial charge >= 0.3 is 0 Å². The Balaban J connectivity index is 1.33. The summed E-state index contributed by atoms with van der Waals surface area (Å²) in [5.41, 5.74) is 6.75. The number of fused-ring (bicyclic) bond motifs is 1. The van der Waals surface area contributed by atoms with Crippen LogP contribution in [0.3, 0.4) is 0 Å². The molecule has 8 nitrogen and oxygen atoms in total. The third-order valence-electron chi connectivity index (χ3n) is 5.87. The van der Waals surface area contributed by atoms with Crippen LogP contribution in [-0.4, -0.2) is 39.3 Å². The number of ether oxygens (including phenoxy) is 1. The topological polar surface area (TPSA) is 95.1 Å². The van der Waals surface area contributed by atoms with Crippen molar-refractivity contribution in [3.63, 3.8) is 0 Å². The van der Waals surface area contributed by atoms with E-state index in [1.165, 1.54) is 5.56 Å². The number of methoxy groups -OCH3 is 1. The molecule has 1 N–H and O–H groups in total. The number of benzene rings is 1. The van der Waals surface area contributed by atoms with Crippen LogP contribution in [0.5, 0.6) is 5.88 Å². The number of pyridine rings is 1. The van der Waals surface area contributed by atoms with E-state index in [2.05, 4.69) is 20.4 Å². The highest BCUT2D eigenvalue weighted by molar-refractivity contribution is 5.86. The van der Waals surface area contributed by atoms with Crippen LogP contribution in [0.15, 0.2) is 34.9 Å². The second-order valence-corrected chi connectivity index (χ2v) is 8.24. The highest BCUT2D eigenvalue weighted by atomic mass is 16.5. The number of aryl methyl sites for hydroxylation is 4. The Morgan fingerprint density at radius 3 is 2.61 bits per heavy atom. The molecule has 0 aliphatic rings. The summed E-state index contributed by atoms with van der Waals surface area (Å²) in [6.07, 6.45) is 3.24. The van der Waals surface area contributed by atoms with Crippen LogP contribution in [0, 0.1) is 20.8 Å². The van der Waals surface area contributed by atoms with Gasteiger partial charge in [0.25, 0.3) is 0 Å². The maximum atomic E-state index is 12.5. The zero-order valence-corrected chi connectivity index (χ0v) is 19.7. The quantitative estimate of drug-likeness (QED) is 0.441. The van der Waals surface area contributed by atoms with Crippen LogP contribution < -0.4 is 10.1 Å². The average Bonchev–Trinajstić information content (AvgIpc) is 3.38. The van der Waals surface area contributed by atoms with Crippen LogP contribution in [0.4, 0.5) is 0 Å². The van der Waals surface area contributed by atoms with Crippen molar-refractivity contribution < 1.29 is 13.9 Å². The van der Waals surface area contributed by atoms with E-state index in [9.17, 15) is 4.79 Å². The van der Waals surface area contributed by atoms with Crippen LogP contribution >= 0.6 is 0 Å². The first kappa shape index (κ1) is 22.5. The summed E-state index contributed by atoms with van der Waals surface area (Å²) in [5, 5.41) is 8.26. The molecule has 0 saturated heterocycles. The van der Waals surface area contributed by atoms with Crippen LogP contribution in [0.25, 0.3) is 22.5 Å². The lowest BCUT2D eigenvalue weighted by Crippen LogP contribution is -2.26. The summed E-state index contributed by atoms with van der Waals surface area (Å²) in [7, 11) is 3.45. The van der Waals surface area contributed by atoms with Crippen molar-refractivity contribution in [2.45, 2.75) is 40.0 Å². The van der Waals surface area contributed by atoms with Gasteiger partial charge in [0.2, 0.25) is 17.7 Å². The molecule has 0 saturated carbocycles. The van der Waals surface area contributed by atoms with Crippen molar-refractivity contribution in [2.24, 2.45) is 7.05 Å². The van der Waals surface area contributed by atoms with E-state index in [1.807, 2.05) is 52.1 Å². The van der Waals surface area contributed by atoms with E-state index in [-0.39, 0.29) is 5.91 Å². The van der Waals surface area contributed by atoms with Crippen molar-refractivity contribution in [3.05, 3.63) is 58.6 Å². The molecule has 0 unspecified atom stereocenters. The maximum Gasteiger partial charge on any atom is 0.242 e. The normalized spacial score (nSPS) is 11.2. The summed E-state index contributed by atoms with van der Waals surface area (Å²) in [5.74, 6) is 1.14. The maximum absolute atomic E-state index is 12.5. The van der Waals surface area contributed by atoms with E-state index in [0.29, 0.717) is 37.6 Å². The fourth-order valence-electron chi connectivity index (χ4n) is 4.01. The molecule has 0 bridgehead atoms. The molecule has 0 aliphatic carbocycles. The third-order valence-corrected chi connectivity index (χ3v) is 5.87. The standard InChI is InChI=1S/C25H29N5O3/c1-15-6-8-18(9-7-15)24-28-19(14-33-24)12-13-26-21(31)11-10-20-16(2)22-23(27-17(20)3)30(4)29-25(22)32-5/h6-9,14H,10-13H2,1-5H3,(H,26,31). The van der Waals surface area contributed by atoms with Crippen molar-refractivity contribution in [2.75, 3.05) is 13.7 Å². The minimum Gasteiger partial charge on any atom is -0.479 e. The number of oxazole rings is 1. The number of amides is 1. The smallest absolute Gasteiger partial charge is 0.242 e. The Hall–Kier alpha value is -3.68. The highest BCUT2D eigenvalue weighted by Gasteiger charge is 2.18. The Morgan fingerprint density at radius 1 is 1.12 bits per heavy atom. The molecule has 4 rings (SSSR count). The van der Waals surface area contributed by atoms with Crippen molar-refractivity contribution >= 4 is 16.9 Å². The molecule has 0 radical (unpaired) electrons. The molecule has 0 spiro atoms. The highest BCUT2D eigenvalue weighted by Crippen LogP contribution is 2.30. The summed E-state index contributed by atoms with van der Waals surface area (Å²) in [6, 6.07) is 8.04. The van der Waals surface area contributed by atoms with E-state index in [4.69, 9.17) is 9.15 Å². The van der Waals surface area contributed by atoms with E-state index < -0.39 is 0 Å². The monoisotopic (exact) mass is 447 g/mol. The lowest BCUT2D eigenvalue weighted by Gasteiger charge is -2.11. The van der Waals surface area contributed by atoms with Gasteiger partial charge in [-0.15, -0.1) is 5.10 Å². The second-order valence-electron chi connectivity index (χ2n) is 8.24. The van der Waals surface area contributed by atoms with E-state index >= 15 is 0 Å². The minimum absolute atomic E-state index is 0.00528. The molecule has 33 heavy (non-hydrogen) atoms. The first-order valence-electron chi connectivity index (χ1n) is 11.0. The molecule has 8 heteroatoms. The van der Waals surface area contributed by atoms with Gasteiger partial charge in [0, 0.05) is 37.7 Å². The van der Waals surface area contributed by atoms with Gasteiger partial charge in [-0.1, -0.05) is 17.7 Å². The zero-order chi connectivity index (χ0) is 23.5. The van der Waals surface area contributed by atoms with Crippen molar-refractivity contribution in [1.29, 1.82) is 0 Å². The molecular formula is C25H29N5O3. The Morgan fingerprint density at radius 2 is 1.88 bits per heavy atom. The molecule has 172 valence electrons. The molecule has 3 aromatic heterocycles. The van der Waals surface area contributed by atoms with Crippen molar-refractivity contribution in [3.8, 4) is 17.3 Å². The van der Waals surface area contributed by atoms with Gasteiger partial charge in [-0.2, -0.15) is 0 Å². The van der Waals surface area contributed by atoms with Gasteiger partial charge < -0.3 is 14.5 Å². The molecule has 1 amide bonds. The molecule has 1 aromatic carbocycles. The largest absolute Gasteiger partial charge is 0.479 e. The minimum atomic E-state index is -0.00528.